The molecule has 2 aromatic rings. The Morgan fingerprint density at radius 3 is 2.74 bits per heavy atom. The van der Waals surface area contributed by atoms with Crippen molar-refractivity contribution in [2.75, 3.05) is 13.2 Å². The molecule has 19 heavy (non-hydrogen) atoms. The van der Waals surface area contributed by atoms with Gasteiger partial charge in [0.15, 0.2) is 0 Å². The van der Waals surface area contributed by atoms with Crippen molar-refractivity contribution in [1.82, 2.24) is 10.1 Å². The zero-order valence-corrected chi connectivity index (χ0v) is 10.5. The lowest BCUT2D eigenvalue weighted by atomic mass is 9.86. The number of halogens is 1. The molecule has 1 aromatic carbocycles. The van der Waals surface area contributed by atoms with Gasteiger partial charge < -0.3 is 15.0 Å². The summed E-state index contributed by atoms with van der Waals surface area (Å²) in [4.78, 5) is 4.35. The van der Waals surface area contributed by atoms with E-state index in [4.69, 9.17) is 15.0 Å². The minimum atomic E-state index is -0.467. The highest BCUT2D eigenvalue weighted by Crippen LogP contribution is 2.31. The van der Waals surface area contributed by atoms with E-state index in [2.05, 4.69) is 10.1 Å². The zero-order valence-electron chi connectivity index (χ0n) is 10.5. The third kappa shape index (κ3) is 2.02. The van der Waals surface area contributed by atoms with Crippen molar-refractivity contribution >= 4 is 0 Å². The molecule has 5 nitrogen and oxygen atoms in total. The maximum atomic E-state index is 12.9. The number of benzene rings is 1. The summed E-state index contributed by atoms with van der Waals surface area (Å²) in [6.45, 7) is 2.87. The van der Waals surface area contributed by atoms with Gasteiger partial charge in [0, 0.05) is 11.6 Å². The smallest absolute Gasteiger partial charge is 0.236 e. The topological polar surface area (TPSA) is 74.2 Å². The van der Waals surface area contributed by atoms with Crippen molar-refractivity contribution in [2.45, 2.75) is 18.4 Å². The SMILES string of the molecule is CC1(c2nc(-c3ccc(F)cc3)no2)COCC1N. The minimum Gasteiger partial charge on any atom is -0.379 e. The Hall–Kier alpha value is -1.79. The number of rotatable bonds is 2. The molecule has 100 valence electrons. The molecule has 2 atom stereocenters. The fraction of sp³-hybridized carbons (Fsp3) is 0.385. The predicted octanol–water partition coefficient (Wildman–Crippen LogP) is 1.49. The van der Waals surface area contributed by atoms with Crippen molar-refractivity contribution in [1.29, 1.82) is 0 Å². The average Bonchev–Trinajstić information content (AvgIpc) is 3.00. The second kappa shape index (κ2) is 4.40. The molecule has 2 heterocycles. The second-order valence-electron chi connectivity index (χ2n) is 4.97. The molecule has 1 saturated heterocycles. The van der Waals surface area contributed by atoms with E-state index in [-0.39, 0.29) is 11.9 Å². The first kappa shape index (κ1) is 12.3. The van der Waals surface area contributed by atoms with Gasteiger partial charge in [0.1, 0.15) is 5.82 Å². The van der Waals surface area contributed by atoms with Crippen LogP contribution in [0.4, 0.5) is 4.39 Å². The van der Waals surface area contributed by atoms with Gasteiger partial charge in [-0.25, -0.2) is 4.39 Å². The quantitative estimate of drug-likeness (QED) is 0.888. The Morgan fingerprint density at radius 1 is 1.37 bits per heavy atom. The van der Waals surface area contributed by atoms with E-state index < -0.39 is 5.41 Å². The van der Waals surface area contributed by atoms with Gasteiger partial charge in [0.05, 0.1) is 18.6 Å². The van der Waals surface area contributed by atoms with Gasteiger partial charge in [0.25, 0.3) is 0 Å². The Morgan fingerprint density at radius 2 is 2.11 bits per heavy atom. The molecule has 3 rings (SSSR count). The minimum absolute atomic E-state index is 0.172. The Kier molecular flexibility index (Phi) is 2.83. The predicted molar refractivity (Wildman–Crippen MR) is 65.8 cm³/mol. The largest absolute Gasteiger partial charge is 0.379 e. The number of nitrogens with two attached hydrogens (primary N) is 1. The molecule has 2 N–H and O–H groups in total. The number of hydrogen-bond donors (Lipinski definition) is 1. The molecule has 1 fully saturated rings. The molecule has 0 saturated carbocycles. The molecular weight excluding hydrogens is 249 g/mol. The van der Waals surface area contributed by atoms with Crippen LogP contribution >= 0.6 is 0 Å². The lowest BCUT2D eigenvalue weighted by Crippen LogP contribution is -2.42. The maximum absolute atomic E-state index is 12.9. The summed E-state index contributed by atoms with van der Waals surface area (Å²) in [6, 6.07) is 5.76. The average molecular weight is 263 g/mol. The van der Waals surface area contributed by atoms with Gasteiger partial charge in [-0.15, -0.1) is 0 Å². The number of hydrogen-bond acceptors (Lipinski definition) is 5. The normalized spacial score (nSPS) is 26.8. The van der Waals surface area contributed by atoms with E-state index >= 15 is 0 Å². The van der Waals surface area contributed by atoms with E-state index in [0.717, 1.165) is 0 Å². The highest BCUT2D eigenvalue weighted by Gasteiger charge is 2.44. The lowest BCUT2D eigenvalue weighted by molar-refractivity contribution is 0.169. The zero-order chi connectivity index (χ0) is 13.5. The summed E-state index contributed by atoms with van der Waals surface area (Å²) in [6.07, 6.45) is 0. The monoisotopic (exact) mass is 263 g/mol. The molecule has 0 aliphatic carbocycles. The van der Waals surface area contributed by atoms with Crippen LogP contribution in [0.15, 0.2) is 28.8 Å². The van der Waals surface area contributed by atoms with E-state index in [1.54, 1.807) is 12.1 Å². The molecule has 1 aliphatic rings. The Labute approximate surface area is 109 Å². The first-order valence-electron chi connectivity index (χ1n) is 6.03. The molecular formula is C13H14FN3O2. The fourth-order valence-corrected chi connectivity index (χ4v) is 2.08. The van der Waals surface area contributed by atoms with Crippen LogP contribution in [0.2, 0.25) is 0 Å². The number of ether oxygens (including phenoxy) is 1. The fourth-order valence-electron chi connectivity index (χ4n) is 2.08. The highest BCUT2D eigenvalue weighted by molar-refractivity contribution is 5.53. The van der Waals surface area contributed by atoms with Crippen LogP contribution < -0.4 is 5.73 Å². The van der Waals surface area contributed by atoms with E-state index in [1.807, 2.05) is 6.92 Å². The Balaban J connectivity index is 1.93. The second-order valence-corrected chi connectivity index (χ2v) is 4.97. The van der Waals surface area contributed by atoms with Crippen molar-refractivity contribution in [3.8, 4) is 11.4 Å². The van der Waals surface area contributed by atoms with Crippen LogP contribution in [0.25, 0.3) is 11.4 Å². The molecule has 0 spiro atoms. The van der Waals surface area contributed by atoms with Crippen LogP contribution in [-0.2, 0) is 10.2 Å². The summed E-state index contributed by atoms with van der Waals surface area (Å²) in [5.41, 5.74) is 6.25. The maximum Gasteiger partial charge on any atom is 0.236 e. The third-order valence-electron chi connectivity index (χ3n) is 3.53. The first-order valence-corrected chi connectivity index (χ1v) is 6.03. The molecule has 1 aromatic heterocycles. The molecule has 0 radical (unpaired) electrons. The number of aromatic nitrogens is 2. The van der Waals surface area contributed by atoms with Crippen LogP contribution in [0.3, 0.4) is 0 Å². The molecule has 0 bridgehead atoms. The van der Waals surface area contributed by atoms with E-state index in [0.29, 0.717) is 30.5 Å². The van der Waals surface area contributed by atoms with E-state index in [1.165, 1.54) is 12.1 Å². The van der Waals surface area contributed by atoms with Crippen molar-refractivity contribution in [3.63, 3.8) is 0 Å². The molecule has 1 aliphatic heterocycles. The summed E-state index contributed by atoms with van der Waals surface area (Å²) >= 11 is 0. The molecule has 6 heteroatoms. The molecule has 2 unspecified atom stereocenters. The van der Waals surface area contributed by atoms with Crippen molar-refractivity contribution in [3.05, 3.63) is 36.0 Å². The molecule has 0 amide bonds. The first-order chi connectivity index (χ1) is 9.09. The third-order valence-corrected chi connectivity index (χ3v) is 3.53. The summed E-state index contributed by atoms with van der Waals surface area (Å²) < 4.78 is 23.5. The van der Waals surface area contributed by atoms with Gasteiger partial charge in [-0.05, 0) is 31.2 Å². The van der Waals surface area contributed by atoms with Gasteiger partial charge in [0.2, 0.25) is 11.7 Å². The van der Waals surface area contributed by atoms with Crippen LogP contribution in [0.5, 0.6) is 0 Å². The standard InChI is InChI=1S/C13H14FN3O2/c1-13(7-18-6-10(13)15)12-16-11(17-19-12)8-2-4-9(14)5-3-8/h2-5,10H,6-7,15H2,1H3. The van der Waals surface area contributed by atoms with Crippen molar-refractivity contribution < 1.29 is 13.7 Å². The summed E-state index contributed by atoms with van der Waals surface area (Å²) in [5.74, 6) is 0.581. The lowest BCUT2D eigenvalue weighted by Gasteiger charge is -2.21. The summed E-state index contributed by atoms with van der Waals surface area (Å²) in [7, 11) is 0. The van der Waals surface area contributed by atoms with Crippen LogP contribution in [-0.4, -0.2) is 29.4 Å². The Bertz CT molecular complexity index is 584. The summed E-state index contributed by atoms with van der Waals surface area (Å²) in [5, 5.41) is 3.92. The van der Waals surface area contributed by atoms with Crippen LogP contribution in [0, 0.1) is 5.82 Å². The number of nitrogens with zero attached hydrogens (tertiary/aromatic N) is 2. The van der Waals surface area contributed by atoms with Gasteiger partial charge in [-0.1, -0.05) is 5.16 Å². The van der Waals surface area contributed by atoms with Gasteiger partial charge in [-0.3, -0.25) is 0 Å². The highest BCUT2D eigenvalue weighted by atomic mass is 19.1. The van der Waals surface area contributed by atoms with Crippen molar-refractivity contribution in [2.24, 2.45) is 5.73 Å². The van der Waals surface area contributed by atoms with Crippen LogP contribution in [0.1, 0.15) is 12.8 Å². The van der Waals surface area contributed by atoms with E-state index in [9.17, 15) is 4.39 Å². The van der Waals surface area contributed by atoms with Gasteiger partial charge in [-0.2, -0.15) is 4.98 Å². The van der Waals surface area contributed by atoms with Gasteiger partial charge >= 0.3 is 0 Å².